The molecule has 3 N–H and O–H groups in total. The first kappa shape index (κ1) is 21.3. The molecule has 1 aliphatic heterocycles. The maximum absolute atomic E-state index is 12.2. The second kappa shape index (κ2) is 8.91. The van der Waals surface area contributed by atoms with Crippen LogP contribution in [0.3, 0.4) is 0 Å². The van der Waals surface area contributed by atoms with E-state index >= 15 is 0 Å². The number of carbonyl (C=O) groups excluding carboxylic acids is 4. The van der Waals surface area contributed by atoms with Crippen molar-refractivity contribution in [3.63, 3.8) is 0 Å². The summed E-state index contributed by atoms with van der Waals surface area (Å²) in [5.74, 6) is -1.44. The Kier molecular flexibility index (Phi) is 6.31. The molecule has 9 heteroatoms. The van der Waals surface area contributed by atoms with Crippen molar-refractivity contribution in [1.29, 1.82) is 0 Å². The highest BCUT2D eigenvalue weighted by molar-refractivity contribution is 9.10. The van der Waals surface area contributed by atoms with Gasteiger partial charge in [0, 0.05) is 5.69 Å². The molecule has 8 nitrogen and oxygen atoms in total. The van der Waals surface area contributed by atoms with Crippen LogP contribution in [-0.2, 0) is 14.4 Å². The number of benzene rings is 2. The Bertz CT molecular complexity index is 1070. The Labute approximate surface area is 180 Å². The number of aryl methyl sites for hydroxylation is 2. The second-order valence-electron chi connectivity index (χ2n) is 6.64. The van der Waals surface area contributed by atoms with Crippen LogP contribution in [-0.4, -0.2) is 30.4 Å². The van der Waals surface area contributed by atoms with E-state index in [0.29, 0.717) is 15.8 Å². The summed E-state index contributed by atoms with van der Waals surface area (Å²) < 4.78 is 6.09. The molecule has 1 fully saturated rings. The molecule has 0 spiro atoms. The maximum Gasteiger partial charge on any atom is 0.328 e. The molecular weight excluding hydrogens is 454 g/mol. The Balaban J connectivity index is 1.66. The number of rotatable bonds is 5. The number of anilines is 1. The molecular formula is C21H18BrN3O5. The fraction of sp³-hybridized carbons (Fsp3) is 0.143. The SMILES string of the molecule is Cc1ccc(C)c(NC(=O)COc2ccc(C=C3C(=O)NC(=O)NC3=O)cc2Br)c1. The number of ether oxygens (including phenoxy) is 1. The predicted octanol–water partition coefficient (Wildman–Crippen LogP) is 2.83. The number of carbonyl (C=O) groups is 4. The Morgan fingerprint density at radius 1 is 1.07 bits per heavy atom. The first-order chi connectivity index (χ1) is 14.2. The van der Waals surface area contributed by atoms with Crippen molar-refractivity contribution >= 4 is 51.4 Å². The van der Waals surface area contributed by atoms with Gasteiger partial charge in [-0.1, -0.05) is 18.2 Å². The van der Waals surface area contributed by atoms with E-state index in [4.69, 9.17) is 4.74 Å². The Morgan fingerprint density at radius 3 is 2.43 bits per heavy atom. The summed E-state index contributed by atoms with van der Waals surface area (Å²) in [6.45, 7) is 3.65. The van der Waals surface area contributed by atoms with Gasteiger partial charge in [-0.2, -0.15) is 0 Å². The van der Waals surface area contributed by atoms with Crippen molar-refractivity contribution in [3.8, 4) is 5.75 Å². The summed E-state index contributed by atoms with van der Waals surface area (Å²) in [5.41, 5.74) is 3.05. The largest absolute Gasteiger partial charge is 0.483 e. The lowest BCUT2D eigenvalue weighted by atomic mass is 10.1. The number of hydrogen-bond donors (Lipinski definition) is 3. The van der Waals surface area contributed by atoms with Gasteiger partial charge in [-0.15, -0.1) is 0 Å². The molecule has 1 saturated heterocycles. The number of barbiturate groups is 1. The normalized spacial score (nSPS) is 13.4. The highest BCUT2D eigenvalue weighted by Gasteiger charge is 2.27. The molecule has 30 heavy (non-hydrogen) atoms. The molecule has 154 valence electrons. The number of hydrogen-bond acceptors (Lipinski definition) is 5. The van der Waals surface area contributed by atoms with E-state index in [2.05, 4.69) is 21.2 Å². The van der Waals surface area contributed by atoms with Gasteiger partial charge in [0.15, 0.2) is 6.61 Å². The average molecular weight is 472 g/mol. The smallest absolute Gasteiger partial charge is 0.328 e. The number of imide groups is 2. The molecule has 0 radical (unpaired) electrons. The Morgan fingerprint density at radius 2 is 1.77 bits per heavy atom. The summed E-state index contributed by atoms with van der Waals surface area (Å²) in [7, 11) is 0. The van der Waals surface area contributed by atoms with Gasteiger partial charge in [0.05, 0.1) is 4.47 Å². The van der Waals surface area contributed by atoms with Gasteiger partial charge in [-0.05, 0) is 70.7 Å². The van der Waals surface area contributed by atoms with Crippen molar-refractivity contribution in [2.45, 2.75) is 13.8 Å². The van der Waals surface area contributed by atoms with Crippen LogP contribution in [0.2, 0.25) is 0 Å². The van der Waals surface area contributed by atoms with Crippen LogP contribution in [0.5, 0.6) is 5.75 Å². The topological polar surface area (TPSA) is 114 Å². The monoisotopic (exact) mass is 471 g/mol. The van der Waals surface area contributed by atoms with E-state index in [1.54, 1.807) is 18.2 Å². The van der Waals surface area contributed by atoms with E-state index in [1.807, 2.05) is 42.7 Å². The molecule has 2 aromatic rings. The molecule has 0 aromatic heterocycles. The van der Waals surface area contributed by atoms with Crippen molar-refractivity contribution in [2.75, 3.05) is 11.9 Å². The van der Waals surface area contributed by atoms with Crippen LogP contribution < -0.4 is 20.7 Å². The third kappa shape index (κ3) is 5.12. The van der Waals surface area contributed by atoms with Crippen LogP contribution in [0.1, 0.15) is 16.7 Å². The maximum atomic E-state index is 12.2. The van der Waals surface area contributed by atoms with E-state index < -0.39 is 17.8 Å². The van der Waals surface area contributed by atoms with Crippen LogP contribution >= 0.6 is 15.9 Å². The molecule has 0 atom stereocenters. The minimum atomic E-state index is -0.855. The molecule has 0 unspecified atom stereocenters. The molecule has 0 bridgehead atoms. The summed E-state index contributed by atoms with van der Waals surface area (Å²) in [5, 5.41) is 6.83. The lowest BCUT2D eigenvalue weighted by Gasteiger charge is -2.14. The van der Waals surface area contributed by atoms with Gasteiger partial charge in [-0.25, -0.2) is 4.79 Å². The predicted molar refractivity (Wildman–Crippen MR) is 114 cm³/mol. The molecule has 2 aromatic carbocycles. The first-order valence-corrected chi connectivity index (χ1v) is 9.70. The van der Waals surface area contributed by atoms with Crippen molar-refractivity contribution in [2.24, 2.45) is 0 Å². The summed E-state index contributed by atoms with van der Waals surface area (Å²) in [6.07, 6.45) is 1.35. The highest BCUT2D eigenvalue weighted by atomic mass is 79.9. The van der Waals surface area contributed by atoms with Crippen LogP contribution in [0.15, 0.2) is 46.4 Å². The lowest BCUT2D eigenvalue weighted by Crippen LogP contribution is -2.51. The van der Waals surface area contributed by atoms with Gasteiger partial charge in [0.25, 0.3) is 17.7 Å². The van der Waals surface area contributed by atoms with Gasteiger partial charge in [0.1, 0.15) is 11.3 Å². The van der Waals surface area contributed by atoms with Crippen molar-refractivity contribution < 1.29 is 23.9 Å². The van der Waals surface area contributed by atoms with Crippen LogP contribution in [0.4, 0.5) is 10.5 Å². The second-order valence-corrected chi connectivity index (χ2v) is 7.49. The van der Waals surface area contributed by atoms with Gasteiger partial charge < -0.3 is 10.1 Å². The molecule has 0 saturated carbocycles. The van der Waals surface area contributed by atoms with E-state index in [-0.39, 0.29) is 18.1 Å². The first-order valence-electron chi connectivity index (χ1n) is 8.91. The van der Waals surface area contributed by atoms with Crippen LogP contribution in [0.25, 0.3) is 6.08 Å². The highest BCUT2D eigenvalue weighted by Crippen LogP contribution is 2.27. The van der Waals surface area contributed by atoms with E-state index in [0.717, 1.165) is 16.8 Å². The molecule has 0 aliphatic carbocycles. The minimum absolute atomic E-state index is 0.192. The van der Waals surface area contributed by atoms with Crippen molar-refractivity contribution in [3.05, 3.63) is 63.1 Å². The zero-order chi connectivity index (χ0) is 21.8. The van der Waals surface area contributed by atoms with Crippen molar-refractivity contribution in [1.82, 2.24) is 10.6 Å². The van der Waals surface area contributed by atoms with E-state index in [9.17, 15) is 19.2 Å². The minimum Gasteiger partial charge on any atom is -0.483 e. The lowest BCUT2D eigenvalue weighted by molar-refractivity contribution is -0.124. The molecule has 1 aliphatic rings. The zero-order valence-corrected chi connectivity index (χ0v) is 17.8. The number of halogens is 1. The standard InChI is InChI=1S/C21H18BrN3O5/c1-11-3-4-12(2)16(7-11)23-18(26)10-30-17-6-5-13(9-15(17)22)8-14-19(27)24-21(29)25-20(14)28/h3-9H,10H2,1-2H3,(H,23,26)(H2,24,25,27,28,29). The fourth-order valence-corrected chi connectivity index (χ4v) is 3.21. The average Bonchev–Trinajstić information content (AvgIpc) is 2.67. The third-order valence-corrected chi connectivity index (χ3v) is 4.86. The van der Waals surface area contributed by atoms with Crippen LogP contribution in [0, 0.1) is 13.8 Å². The summed E-state index contributed by atoms with van der Waals surface area (Å²) in [4.78, 5) is 46.9. The van der Waals surface area contributed by atoms with E-state index in [1.165, 1.54) is 6.08 Å². The number of nitrogens with one attached hydrogen (secondary N) is 3. The van der Waals surface area contributed by atoms with Gasteiger partial charge >= 0.3 is 6.03 Å². The summed E-state index contributed by atoms with van der Waals surface area (Å²) in [6, 6.07) is 9.77. The number of amides is 5. The molecule has 3 rings (SSSR count). The Hall–Kier alpha value is -3.46. The third-order valence-electron chi connectivity index (χ3n) is 4.24. The van der Waals surface area contributed by atoms with Gasteiger partial charge in [-0.3, -0.25) is 25.0 Å². The molecule has 5 amide bonds. The zero-order valence-electron chi connectivity index (χ0n) is 16.2. The molecule has 1 heterocycles. The number of urea groups is 1. The quantitative estimate of drug-likeness (QED) is 0.458. The fourth-order valence-electron chi connectivity index (χ4n) is 2.70. The summed E-state index contributed by atoms with van der Waals surface area (Å²) >= 11 is 3.35. The van der Waals surface area contributed by atoms with Gasteiger partial charge in [0.2, 0.25) is 0 Å².